The van der Waals surface area contributed by atoms with Crippen LogP contribution in [0.15, 0.2) is 0 Å². The summed E-state index contributed by atoms with van der Waals surface area (Å²) in [4.78, 5) is 28.5. The molecule has 0 aromatic carbocycles. The van der Waals surface area contributed by atoms with E-state index in [2.05, 4.69) is 0 Å². The predicted octanol–water partition coefficient (Wildman–Crippen LogP) is 0.124. The summed E-state index contributed by atoms with van der Waals surface area (Å²) < 4.78 is 9.51. The Kier molecular flexibility index (Phi) is 16.4. The summed E-state index contributed by atoms with van der Waals surface area (Å²) in [5, 5.41) is 0. The van der Waals surface area contributed by atoms with Gasteiger partial charge in [-0.2, -0.15) is 0 Å². The van der Waals surface area contributed by atoms with Crippen molar-refractivity contribution in [1.29, 1.82) is 0 Å². The van der Waals surface area contributed by atoms with Crippen LogP contribution in [0.3, 0.4) is 0 Å². The normalized spacial score (nSPS) is 11.0. The van der Waals surface area contributed by atoms with Crippen LogP contribution in [-0.2, 0) is 38.8 Å². The molecule has 8 heteroatoms. The van der Waals surface area contributed by atoms with Crippen LogP contribution in [-0.4, -0.2) is 67.1 Å². The van der Waals surface area contributed by atoms with Gasteiger partial charge in [-0.05, 0) is 0 Å². The second-order valence-electron chi connectivity index (χ2n) is 2.92. The van der Waals surface area contributed by atoms with Crippen LogP contribution in [0.1, 0.15) is 0 Å². The molecule has 0 bridgehead atoms. The molecule has 0 atom stereocenters. The van der Waals surface area contributed by atoms with Gasteiger partial charge in [0.1, 0.15) is 39.6 Å². The summed E-state index contributed by atoms with van der Waals surface area (Å²) in [6, 6.07) is 0. The highest BCUT2D eigenvalue weighted by Crippen LogP contribution is 1.85. The molecule has 0 aliphatic rings. The maximum absolute atomic E-state index is 4.77. The highest BCUT2D eigenvalue weighted by atomic mass is 17.2. The molecule has 0 rings (SSSR count). The van der Waals surface area contributed by atoms with Crippen LogP contribution in [0.4, 0.5) is 0 Å². The summed E-state index contributed by atoms with van der Waals surface area (Å²) in [7, 11) is 3.17. The van der Waals surface area contributed by atoms with Gasteiger partial charge in [0.05, 0.1) is 13.2 Å². The Balaban J connectivity index is 2.86. The van der Waals surface area contributed by atoms with Crippen molar-refractivity contribution in [3.63, 3.8) is 0 Å². The Morgan fingerprint density at radius 3 is 0.833 bits per heavy atom. The van der Waals surface area contributed by atoms with E-state index in [-0.39, 0.29) is 26.4 Å². The lowest BCUT2D eigenvalue weighted by atomic mass is 10.8. The molecular formula is C10H22O8. The molecule has 0 aliphatic heterocycles. The first-order chi connectivity index (χ1) is 8.91. The highest BCUT2D eigenvalue weighted by Gasteiger charge is 1.93. The SMILES string of the molecule is COCCOOCCOOCCOOCCOC. The first-order valence-corrected chi connectivity index (χ1v) is 5.63. The van der Waals surface area contributed by atoms with E-state index < -0.39 is 0 Å². The Morgan fingerprint density at radius 1 is 0.389 bits per heavy atom. The fraction of sp³-hybridized carbons (Fsp3) is 1.00. The van der Waals surface area contributed by atoms with Crippen molar-refractivity contribution in [3.05, 3.63) is 0 Å². The third-order valence-electron chi connectivity index (χ3n) is 1.49. The van der Waals surface area contributed by atoms with Gasteiger partial charge < -0.3 is 9.47 Å². The van der Waals surface area contributed by atoms with Crippen LogP contribution in [0.5, 0.6) is 0 Å². The van der Waals surface area contributed by atoms with Gasteiger partial charge in [0, 0.05) is 14.2 Å². The second-order valence-corrected chi connectivity index (χ2v) is 2.92. The quantitative estimate of drug-likeness (QED) is 0.236. The highest BCUT2D eigenvalue weighted by molar-refractivity contribution is 4.22. The molecule has 0 spiro atoms. The molecule has 0 unspecified atom stereocenters. The molecule has 0 fully saturated rings. The molecule has 0 aliphatic carbocycles. The Labute approximate surface area is 107 Å². The zero-order chi connectivity index (χ0) is 13.3. The number of methoxy groups -OCH3 is 2. The Hall–Kier alpha value is -0.320. The lowest BCUT2D eigenvalue weighted by Gasteiger charge is -2.05. The fourth-order valence-electron chi connectivity index (χ4n) is 0.724. The minimum absolute atomic E-state index is 0.261. The summed E-state index contributed by atoms with van der Waals surface area (Å²) in [6.45, 7) is 2.79. The molecule has 0 radical (unpaired) electrons. The van der Waals surface area contributed by atoms with Gasteiger partial charge in [0.15, 0.2) is 0 Å². The standard InChI is InChI=1S/C10H22O8/c1-11-3-5-13-15-7-9-17-18-10-8-16-14-6-4-12-2/h3-10H2,1-2H3. The third-order valence-corrected chi connectivity index (χ3v) is 1.49. The zero-order valence-electron chi connectivity index (χ0n) is 10.9. The molecule has 0 N–H and O–H groups in total. The van der Waals surface area contributed by atoms with Gasteiger partial charge in [-0.1, -0.05) is 0 Å². The third kappa shape index (κ3) is 15.7. The van der Waals surface area contributed by atoms with Crippen LogP contribution in [0, 0.1) is 0 Å². The van der Waals surface area contributed by atoms with Crippen molar-refractivity contribution in [1.82, 2.24) is 0 Å². The largest absolute Gasteiger partial charge is 0.382 e. The molecule has 18 heavy (non-hydrogen) atoms. The topological polar surface area (TPSA) is 73.8 Å². The molecule has 8 nitrogen and oxygen atoms in total. The number of rotatable bonds is 15. The van der Waals surface area contributed by atoms with Gasteiger partial charge in [-0.15, -0.1) is 0 Å². The van der Waals surface area contributed by atoms with E-state index in [0.717, 1.165) is 0 Å². The van der Waals surface area contributed by atoms with Gasteiger partial charge in [0.2, 0.25) is 0 Å². The summed E-state index contributed by atoms with van der Waals surface area (Å²) >= 11 is 0. The maximum Gasteiger partial charge on any atom is 0.109 e. The van der Waals surface area contributed by atoms with E-state index in [0.29, 0.717) is 26.4 Å². The van der Waals surface area contributed by atoms with E-state index in [9.17, 15) is 0 Å². The molecule has 110 valence electrons. The summed E-state index contributed by atoms with van der Waals surface area (Å²) in [5.74, 6) is 0. The second kappa shape index (κ2) is 16.7. The molecule has 0 saturated carbocycles. The number of hydrogen-bond donors (Lipinski definition) is 0. The molecule has 0 aromatic heterocycles. The van der Waals surface area contributed by atoms with E-state index in [1.165, 1.54) is 0 Å². The van der Waals surface area contributed by atoms with Crippen molar-refractivity contribution >= 4 is 0 Å². The number of hydrogen-bond acceptors (Lipinski definition) is 8. The minimum Gasteiger partial charge on any atom is -0.382 e. The fourth-order valence-corrected chi connectivity index (χ4v) is 0.724. The van der Waals surface area contributed by atoms with E-state index >= 15 is 0 Å². The first kappa shape index (κ1) is 17.7. The average molecular weight is 270 g/mol. The van der Waals surface area contributed by atoms with Crippen LogP contribution in [0.2, 0.25) is 0 Å². The molecule has 0 aromatic rings. The lowest BCUT2D eigenvalue weighted by molar-refractivity contribution is -0.359. The Morgan fingerprint density at radius 2 is 0.611 bits per heavy atom. The monoisotopic (exact) mass is 270 g/mol. The smallest absolute Gasteiger partial charge is 0.109 e. The van der Waals surface area contributed by atoms with Crippen LogP contribution >= 0.6 is 0 Å². The number of ether oxygens (including phenoxy) is 2. The van der Waals surface area contributed by atoms with E-state index in [1.807, 2.05) is 0 Å². The van der Waals surface area contributed by atoms with Crippen LogP contribution < -0.4 is 0 Å². The van der Waals surface area contributed by atoms with Crippen molar-refractivity contribution in [3.8, 4) is 0 Å². The first-order valence-electron chi connectivity index (χ1n) is 5.63. The van der Waals surface area contributed by atoms with E-state index in [1.54, 1.807) is 14.2 Å². The van der Waals surface area contributed by atoms with Gasteiger partial charge in [-0.25, -0.2) is 29.3 Å². The van der Waals surface area contributed by atoms with Crippen molar-refractivity contribution in [2.75, 3.05) is 67.1 Å². The lowest BCUT2D eigenvalue weighted by Crippen LogP contribution is -2.11. The van der Waals surface area contributed by atoms with Crippen LogP contribution in [0.25, 0.3) is 0 Å². The Bertz CT molecular complexity index is 130. The van der Waals surface area contributed by atoms with Crippen molar-refractivity contribution in [2.24, 2.45) is 0 Å². The minimum atomic E-state index is 0.261. The van der Waals surface area contributed by atoms with Gasteiger partial charge >= 0.3 is 0 Å². The molecule has 0 heterocycles. The average Bonchev–Trinajstić information content (AvgIpc) is 2.39. The summed E-state index contributed by atoms with van der Waals surface area (Å²) in [6.07, 6.45) is 0. The van der Waals surface area contributed by atoms with Gasteiger partial charge in [-0.3, -0.25) is 0 Å². The maximum atomic E-state index is 4.77. The zero-order valence-corrected chi connectivity index (χ0v) is 10.9. The molecular weight excluding hydrogens is 248 g/mol. The predicted molar refractivity (Wildman–Crippen MR) is 59.5 cm³/mol. The molecule has 0 amide bonds. The molecule has 0 saturated heterocycles. The van der Waals surface area contributed by atoms with Gasteiger partial charge in [0.25, 0.3) is 0 Å². The summed E-state index contributed by atoms with van der Waals surface area (Å²) in [5.41, 5.74) is 0. The van der Waals surface area contributed by atoms with Crippen molar-refractivity contribution in [2.45, 2.75) is 0 Å². The van der Waals surface area contributed by atoms with Crippen molar-refractivity contribution < 1.29 is 38.8 Å². The van der Waals surface area contributed by atoms with E-state index in [4.69, 9.17) is 38.8 Å².